The SMILES string of the molecule is CCCOc1ccc(C(C)Nc2nnc(CC)s2)cc1. The van der Waals surface area contributed by atoms with Gasteiger partial charge >= 0.3 is 0 Å². The van der Waals surface area contributed by atoms with Crippen LogP contribution in [0.1, 0.15) is 43.8 Å². The van der Waals surface area contributed by atoms with Crippen LogP contribution in [-0.4, -0.2) is 16.8 Å². The van der Waals surface area contributed by atoms with Gasteiger partial charge in [-0.2, -0.15) is 0 Å². The van der Waals surface area contributed by atoms with Gasteiger partial charge in [0.1, 0.15) is 10.8 Å². The zero-order chi connectivity index (χ0) is 14.4. The summed E-state index contributed by atoms with van der Waals surface area (Å²) in [6.07, 6.45) is 1.95. The second-order valence-electron chi connectivity index (χ2n) is 4.64. The van der Waals surface area contributed by atoms with E-state index < -0.39 is 0 Å². The Hall–Kier alpha value is -1.62. The Balaban J connectivity index is 1.96. The van der Waals surface area contributed by atoms with Crippen LogP contribution in [0.2, 0.25) is 0 Å². The van der Waals surface area contributed by atoms with Crippen LogP contribution in [0.4, 0.5) is 5.13 Å². The number of rotatable bonds is 7. The van der Waals surface area contributed by atoms with Gasteiger partial charge in [-0.25, -0.2) is 0 Å². The van der Waals surface area contributed by atoms with Crippen molar-refractivity contribution in [2.45, 2.75) is 39.7 Å². The van der Waals surface area contributed by atoms with Gasteiger partial charge in [0.25, 0.3) is 0 Å². The summed E-state index contributed by atoms with van der Waals surface area (Å²) in [6.45, 7) is 7.07. The van der Waals surface area contributed by atoms with Gasteiger partial charge in [-0.15, -0.1) is 10.2 Å². The first-order valence-corrected chi connectivity index (χ1v) is 7.86. The average molecular weight is 291 g/mol. The van der Waals surface area contributed by atoms with Gasteiger partial charge in [0.15, 0.2) is 0 Å². The fourth-order valence-electron chi connectivity index (χ4n) is 1.80. The van der Waals surface area contributed by atoms with Crippen molar-refractivity contribution in [3.05, 3.63) is 34.8 Å². The van der Waals surface area contributed by atoms with Gasteiger partial charge in [0.2, 0.25) is 5.13 Å². The lowest BCUT2D eigenvalue weighted by atomic mass is 10.1. The molecule has 0 aliphatic rings. The third kappa shape index (κ3) is 3.93. The molecule has 0 bridgehead atoms. The molecule has 0 saturated heterocycles. The maximum Gasteiger partial charge on any atom is 0.206 e. The van der Waals surface area contributed by atoms with Crippen LogP contribution in [0, 0.1) is 0 Å². The van der Waals surface area contributed by atoms with Crippen molar-refractivity contribution in [2.75, 3.05) is 11.9 Å². The molecule has 20 heavy (non-hydrogen) atoms. The summed E-state index contributed by atoms with van der Waals surface area (Å²) in [7, 11) is 0. The van der Waals surface area contributed by atoms with E-state index in [1.807, 2.05) is 12.1 Å². The van der Waals surface area contributed by atoms with Crippen molar-refractivity contribution < 1.29 is 4.74 Å². The van der Waals surface area contributed by atoms with Gasteiger partial charge in [0.05, 0.1) is 12.6 Å². The van der Waals surface area contributed by atoms with Crippen LogP contribution < -0.4 is 10.1 Å². The number of hydrogen-bond acceptors (Lipinski definition) is 5. The lowest BCUT2D eigenvalue weighted by Gasteiger charge is -2.13. The molecule has 2 aromatic rings. The molecule has 0 aliphatic heterocycles. The molecule has 1 heterocycles. The van der Waals surface area contributed by atoms with Gasteiger partial charge in [0, 0.05) is 0 Å². The predicted octanol–water partition coefficient (Wildman–Crippen LogP) is 4.06. The molecule has 1 atom stereocenters. The van der Waals surface area contributed by atoms with E-state index in [0.717, 1.165) is 35.3 Å². The molecular weight excluding hydrogens is 270 g/mol. The number of ether oxygens (including phenoxy) is 1. The summed E-state index contributed by atoms with van der Waals surface area (Å²) in [5.74, 6) is 0.923. The molecule has 0 amide bonds. The van der Waals surface area contributed by atoms with E-state index in [1.54, 1.807) is 11.3 Å². The number of aryl methyl sites for hydroxylation is 1. The maximum atomic E-state index is 5.59. The fourth-order valence-corrected chi connectivity index (χ4v) is 2.56. The molecule has 2 rings (SSSR count). The second-order valence-corrected chi connectivity index (χ2v) is 5.70. The molecule has 1 aromatic carbocycles. The topological polar surface area (TPSA) is 47.0 Å². The molecule has 5 heteroatoms. The van der Waals surface area contributed by atoms with E-state index in [1.165, 1.54) is 5.56 Å². The first-order valence-electron chi connectivity index (χ1n) is 7.04. The second kappa shape index (κ2) is 7.24. The Morgan fingerprint density at radius 3 is 2.55 bits per heavy atom. The highest BCUT2D eigenvalue weighted by Gasteiger charge is 2.09. The quantitative estimate of drug-likeness (QED) is 0.835. The molecule has 0 radical (unpaired) electrons. The first kappa shape index (κ1) is 14.8. The number of nitrogens with zero attached hydrogens (tertiary/aromatic N) is 2. The molecule has 1 aromatic heterocycles. The van der Waals surface area contributed by atoms with Crippen molar-refractivity contribution in [3.63, 3.8) is 0 Å². The molecule has 4 nitrogen and oxygen atoms in total. The van der Waals surface area contributed by atoms with Crippen LogP contribution in [0.25, 0.3) is 0 Å². The normalized spacial score (nSPS) is 12.2. The zero-order valence-electron chi connectivity index (χ0n) is 12.2. The van der Waals surface area contributed by atoms with Crippen LogP contribution >= 0.6 is 11.3 Å². The third-order valence-corrected chi connectivity index (χ3v) is 3.96. The Morgan fingerprint density at radius 2 is 1.95 bits per heavy atom. The molecule has 0 saturated carbocycles. The number of benzene rings is 1. The molecular formula is C15H21N3OS. The van der Waals surface area contributed by atoms with Crippen molar-refractivity contribution in [1.82, 2.24) is 10.2 Å². The molecule has 108 valence electrons. The summed E-state index contributed by atoms with van der Waals surface area (Å²) >= 11 is 1.61. The highest BCUT2D eigenvalue weighted by molar-refractivity contribution is 7.15. The number of hydrogen-bond donors (Lipinski definition) is 1. The van der Waals surface area contributed by atoms with Crippen molar-refractivity contribution >= 4 is 16.5 Å². The van der Waals surface area contributed by atoms with Crippen LogP contribution in [0.15, 0.2) is 24.3 Å². The number of aromatic nitrogens is 2. The minimum Gasteiger partial charge on any atom is -0.494 e. The maximum absolute atomic E-state index is 5.59. The van der Waals surface area contributed by atoms with Crippen molar-refractivity contribution in [2.24, 2.45) is 0 Å². The van der Waals surface area contributed by atoms with E-state index in [4.69, 9.17) is 4.74 Å². The van der Waals surface area contributed by atoms with Crippen molar-refractivity contribution in [3.8, 4) is 5.75 Å². The van der Waals surface area contributed by atoms with E-state index in [-0.39, 0.29) is 6.04 Å². The molecule has 1 N–H and O–H groups in total. The summed E-state index contributed by atoms with van der Waals surface area (Å²) in [5, 5.41) is 13.6. The largest absolute Gasteiger partial charge is 0.494 e. The van der Waals surface area contributed by atoms with Gasteiger partial charge in [-0.1, -0.05) is 37.3 Å². The van der Waals surface area contributed by atoms with Crippen LogP contribution in [-0.2, 0) is 6.42 Å². The Bertz CT molecular complexity index is 524. The lowest BCUT2D eigenvalue weighted by Crippen LogP contribution is -2.06. The highest BCUT2D eigenvalue weighted by atomic mass is 32.1. The van der Waals surface area contributed by atoms with E-state index in [0.29, 0.717) is 0 Å². The Morgan fingerprint density at radius 1 is 1.20 bits per heavy atom. The molecule has 1 unspecified atom stereocenters. The average Bonchev–Trinajstić information content (AvgIpc) is 2.93. The predicted molar refractivity (Wildman–Crippen MR) is 83.6 cm³/mol. The number of anilines is 1. The minimum absolute atomic E-state index is 0.202. The highest BCUT2D eigenvalue weighted by Crippen LogP contribution is 2.24. The van der Waals surface area contributed by atoms with E-state index in [2.05, 4.69) is 48.4 Å². The summed E-state index contributed by atoms with van der Waals surface area (Å²) in [5.41, 5.74) is 1.21. The Kier molecular flexibility index (Phi) is 5.35. The van der Waals surface area contributed by atoms with Gasteiger partial charge in [-0.05, 0) is 37.5 Å². The molecule has 0 aliphatic carbocycles. The summed E-state index contributed by atoms with van der Waals surface area (Å²) in [4.78, 5) is 0. The van der Waals surface area contributed by atoms with Crippen LogP contribution in [0.3, 0.4) is 0 Å². The van der Waals surface area contributed by atoms with Gasteiger partial charge in [-0.3, -0.25) is 0 Å². The molecule has 0 fully saturated rings. The number of nitrogens with one attached hydrogen (secondary N) is 1. The molecule has 0 spiro atoms. The minimum atomic E-state index is 0.202. The van der Waals surface area contributed by atoms with Gasteiger partial charge < -0.3 is 10.1 Å². The smallest absolute Gasteiger partial charge is 0.206 e. The Labute approximate surface area is 124 Å². The monoisotopic (exact) mass is 291 g/mol. The lowest BCUT2D eigenvalue weighted by molar-refractivity contribution is 0.317. The van der Waals surface area contributed by atoms with E-state index >= 15 is 0 Å². The summed E-state index contributed by atoms with van der Waals surface area (Å²) < 4.78 is 5.59. The van der Waals surface area contributed by atoms with E-state index in [9.17, 15) is 0 Å². The van der Waals surface area contributed by atoms with Crippen molar-refractivity contribution in [1.29, 1.82) is 0 Å². The standard InChI is InChI=1S/C15H21N3OS/c1-4-10-19-13-8-6-12(7-9-13)11(3)16-15-18-17-14(5-2)20-15/h6-9,11H,4-5,10H2,1-3H3,(H,16,18). The fraction of sp³-hybridized carbons (Fsp3) is 0.467. The van der Waals surface area contributed by atoms with Crippen LogP contribution in [0.5, 0.6) is 5.75 Å². The third-order valence-electron chi connectivity index (χ3n) is 2.96. The summed E-state index contributed by atoms with van der Waals surface area (Å²) in [6, 6.07) is 8.41. The first-order chi connectivity index (χ1) is 9.72. The zero-order valence-corrected chi connectivity index (χ0v) is 13.0.